The van der Waals surface area contributed by atoms with Gasteiger partial charge in [-0.2, -0.15) is 13.2 Å². The van der Waals surface area contributed by atoms with Crippen LogP contribution in [0.4, 0.5) is 13.2 Å². The number of carbonyl (C=O) groups excluding carboxylic acids is 1. The average molecular weight is 405 g/mol. The van der Waals surface area contributed by atoms with E-state index in [0.29, 0.717) is 24.7 Å². The van der Waals surface area contributed by atoms with Gasteiger partial charge in [-0.25, -0.2) is 4.98 Å². The molecule has 2 heterocycles. The number of likely N-dealkylation sites (N-methyl/N-ethyl adjacent to an activating group) is 1. The van der Waals surface area contributed by atoms with Crippen molar-refractivity contribution in [2.75, 3.05) is 20.3 Å². The molecule has 1 aliphatic heterocycles. The Hall–Kier alpha value is -3.23. The molecule has 0 spiro atoms. The monoisotopic (exact) mass is 405 g/mol. The first kappa shape index (κ1) is 19.1. The lowest BCUT2D eigenvalue weighted by molar-refractivity contribution is -0.148. The van der Waals surface area contributed by atoms with E-state index in [9.17, 15) is 18.0 Å². The van der Waals surface area contributed by atoms with Gasteiger partial charge in [-0.15, -0.1) is 0 Å². The first-order valence-corrected chi connectivity index (χ1v) is 8.98. The molecule has 152 valence electrons. The molecule has 0 bridgehead atoms. The van der Waals surface area contributed by atoms with E-state index in [1.807, 2.05) is 0 Å². The number of benzene rings is 2. The SMILES string of the molecule is CN(Cc1ccc2c(c1)OCCO2)C(=O)Cn1c(C(F)(F)F)nc2ccccc21. The maximum Gasteiger partial charge on any atom is 0.449 e. The fourth-order valence-electron chi connectivity index (χ4n) is 3.26. The van der Waals surface area contributed by atoms with Gasteiger partial charge in [-0.3, -0.25) is 4.79 Å². The summed E-state index contributed by atoms with van der Waals surface area (Å²) in [6.45, 7) is 0.685. The molecule has 2 aromatic carbocycles. The predicted molar refractivity (Wildman–Crippen MR) is 98.6 cm³/mol. The standard InChI is InChI=1S/C20H18F3N3O3/c1-25(11-13-6-7-16-17(10-13)29-9-8-28-16)18(27)12-26-15-5-3-2-4-14(15)24-19(26)20(21,22)23/h2-7,10H,8-9,11-12H2,1H3. The highest BCUT2D eigenvalue weighted by Crippen LogP contribution is 2.32. The van der Waals surface area contributed by atoms with E-state index in [1.54, 1.807) is 37.4 Å². The average Bonchev–Trinajstić information content (AvgIpc) is 3.07. The molecule has 0 atom stereocenters. The summed E-state index contributed by atoms with van der Waals surface area (Å²) in [6, 6.07) is 11.6. The van der Waals surface area contributed by atoms with Gasteiger partial charge in [0.25, 0.3) is 0 Å². The number of carbonyl (C=O) groups is 1. The molecule has 0 radical (unpaired) electrons. The van der Waals surface area contributed by atoms with Crippen LogP contribution in [-0.4, -0.2) is 40.6 Å². The molecular formula is C20H18F3N3O3. The Balaban J connectivity index is 1.55. The van der Waals surface area contributed by atoms with E-state index in [1.165, 1.54) is 17.0 Å². The maximum absolute atomic E-state index is 13.4. The lowest BCUT2D eigenvalue weighted by Gasteiger charge is -2.22. The van der Waals surface area contributed by atoms with Gasteiger partial charge in [-0.1, -0.05) is 18.2 Å². The molecule has 0 saturated heterocycles. The van der Waals surface area contributed by atoms with E-state index >= 15 is 0 Å². The Kier molecular flexibility index (Phi) is 4.81. The van der Waals surface area contributed by atoms with E-state index in [4.69, 9.17) is 9.47 Å². The van der Waals surface area contributed by atoms with Crippen molar-refractivity contribution in [3.63, 3.8) is 0 Å². The van der Waals surface area contributed by atoms with E-state index in [0.717, 1.165) is 10.1 Å². The highest BCUT2D eigenvalue weighted by Gasteiger charge is 2.38. The minimum absolute atomic E-state index is 0.196. The summed E-state index contributed by atoms with van der Waals surface area (Å²) in [5.74, 6) is -0.323. The number of aromatic nitrogens is 2. The molecule has 4 rings (SSSR count). The molecule has 29 heavy (non-hydrogen) atoms. The first-order chi connectivity index (χ1) is 13.8. The van der Waals surface area contributed by atoms with Crippen molar-refractivity contribution in [2.45, 2.75) is 19.3 Å². The van der Waals surface area contributed by atoms with Crippen LogP contribution >= 0.6 is 0 Å². The van der Waals surface area contributed by atoms with Crippen LogP contribution < -0.4 is 9.47 Å². The number of hydrogen-bond acceptors (Lipinski definition) is 4. The molecule has 1 aromatic heterocycles. The van der Waals surface area contributed by atoms with E-state index < -0.39 is 24.5 Å². The van der Waals surface area contributed by atoms with Crippen molar-refractivity contribution in [1.29, 1.82) is 0 Å². The Bertz CT molecular complexity index is 1060. The van der Waals surface area contributed by atoms with Crippen molar-refractivity contribution in [1.82, 2.24) is 14.5 Å². The lowest BCUT2D eigenvalue weighted by Crippen LogP contribution is -2.31. The number of imidazole rings is 1. The molecule has 1 aliphatic rings. The summed E-state index contributed by atoms with van der Waals surface area (Å²) in [5, 5.41) is 0. The number of rotatable bonds is 4. The molecule has 0 fully saturated rings. The molecular weight excluding hydrogens is 387 g/mol. The van der Waals surface area contributed by atoms with E-state index in [2.05, 4.69) is 4.98 Å². The second-order valence-corrected chi connectivity index (χ2v) is 6.74. The number of fused-ring (bicyclic) bond motifs is 2. The number of hydrogen-bond donors (Lipinski definition) is 0. The normalized spacial score (nSPS) is 13.5. The van der Waals surface area contributed by atoms with Gasteiger partial charge < -0.3 is 18.9 Å². The van der Waals surface area contributed by atoms with Gasteiger partial charge >= 0.3 is 6.18 Å². The Morgan fingerprint density at radius 2 is 1.86 bits per heavy atom. The Morgan fingerprint density at radius 3 is 2.62 bits per heavy atom. The quantitative estimate of drug-likeness (QED) is 0.667. The summed E-state index contributed by atoms with van der Waals surface area (Å²) in [4.78, 5) is 17.7. The van der Waals surface area contributed by atoms with Gasteiger partial charge in [-0.05, 0) is 29.8 Å². The zero-order valence-electron chi connectivity index (χ0n) is 15.6. The van der Waals surface area contributed by atoms with Crippen LogP contribution in [-0.2, 0) is 24.1 Å². The molecule has 0 unspecified atom stereocenters. The third-order valence-corrected chi connectivity index (χ3v) is 4.65. The molecule has 9 heteroatoms. The van der Waals surface area contributed by atoms with Crippen LogP contribution in [0, 0.1) is 0 Å². The molecule has 6 nitrogen and oxygen atoms in total. The first-order valence-electron chi connectivity index (χ1n) is 8.98. The minimum atomic E-state index is -4.66. The Labute approximate surface area is 164 Å². The summed E-state index contributed by atoms with van der Waals surface area (Å²) >= 11 is 0. The molecule has 1 amide bonds. The zero-order chi connectivity index (χ0) is 20.6. The van der Waals surface area contributed by atoms with Crippen LogP contribution in [0.15, 0.2) is 42.5 Å². The van der Waals surface area contributed by atoms with Crippen LogP contribution in [0.2, 0.25) is 0 Å². The van der Waals surface area contributed by atoms with E-state index in [-0.39, 0.29) is 17.6 Å². The topological polar surface area (TPSA) is 56.6 Å². The van der Waals surface area contributed by atoms with Crippen LogP contribution in [0.25, 0.3) is 11.0 Å². The van der Waals surface area contributed by atoms with Gasteiger partial charge in [0.15, 0.2) is 11.5 Å². The smallest absolute Gasteiger partial charge is 0.449 e. The number of amides is 1. The van der Waals surface area contributed by atoms with Crippen molar-refractivity contribution in [2.24, 2.45) is 0 Å². The fourth-order valence-corrected chi connectivity index (χ4v) is 3.26. The van der Waals surface area contributed by atoms with Gasteiger partial charge in [0, 0.05) is 13.6 Å². The minimum Gasteiger partial charge on any atom is -0.486 e. The van der Waals surface area contributed by atoms with Crippen molar-refractivity contribution < 1.29 is 27.4 Å². The summed E-state index contributed by atoms with van der Waals surface area (Å²) in [6.07, 6.45) is -4.66. The number of ether oxygens (including phenoxy) is 2. The fraction of sp³-hybridized carbons (Fsp3) is 0.300. The number of nitrogens with zero attached hydrogens (tertiary/aromatic N) is 3. The third-order valence-electron chi connectivity index (χ3n) is 4.65. The molecule has 0 aliphatic carbocycles. The van der Waals surface area contributed by atoms with Gasteiger partial charge in [0.2, 0.25) is 11.7 Å². The van der Waals surface area contributed by atoms with Crippen LogP contribution in [0.1, 0.15) is 11.4 Å². The summed E-state index contributed by atoms with van der Waals surface area (Å²) in [5.41, 5.74) is 1.25. The predicted octanol–water partition coefficient (Wildman–Crippen LogP) is 3.48. The molecule has 0 N–H and O–H groups in total. The number of halogens is 3. The van der Waals surface area contributed by atoms with Crippen molar-refractivity contribution in [3.05, 3.63) is 53.9 Å². The Morgan fingerprint density at radius 1 is 1.14 bits per heavy atom. The number of para-hydroxylation sites is 2. The van der Waals surface area contributed by atoms with Crippen LogP contribution in [0.5, 0.6) is 11.5 Å². The van der Waals surface area contributed by atoms with Crippen molar-refractivity contribution >= 4 is 16.9 Å². The highest BCUT2D eigenvalue weighted by atomic mass is 19.4. The van der Waals surface area contributed by atoms with Gasteiger partial charge in [0.1, 0.15) is 19.8 Å². The van der Waals surface area contributed by atoms with Crippen LogP contribution in [0.3, 0.4) is 0 Å². The summed E-state index contributed by atoms with van der Waals surface area (Å²) < 4.78 is 52.1. The second-order valence-electron chi connectivity index (χ2n) is 6.74. The van der Waals surface area contributed by atoms with Crippen molar-refractivity contribution in [3.8, 4) is 11.5 Å². The molecule has 3 aromatic rings. The summed E-state index contributed by atoms with van der Waals surface area (Å²) in [7, 11) is 1.55. The molecule has 0 saturated carbocycles. The number of alkyl halides is 3. The lowest BCUT2D eigenvalue weighted by atomic mass is 10.2. The zero-order valence-corrected chi connectivity index (χ0v) is 15.6. The van der Waals surface area contributed by atoms with Gasteiger partial charge in [0.05, 0.1) is 11.0 Å². The largest absolute Gasteiger partial charge is 0.486 e. The second kappa shape index (κ2) is 7.31. The third kappa shape index (κ3) is 3.85. The maximum atomic E-state index is 13.4. The highest BCUT2D eigenvalue weighted by molar-refractivity contribution is 5.81.